The molecule has 0 unspecified atom stereocenters. The third-order valence-electron chi connectivity index (χ3n) is 5.71. The van der Waals surface area contributed by atoms with Crippen LogP contribution in [0.1, 0.15) is 53.1 Å². The number of carbonyl (C=O) groups is 1. The number of hydrogen-bond acceptors (Lipinski definition) is 3. The highest BCUT2D eigenvalue weighted by molar-refractivity contribution is 5.94. The molecule has 1 saturated carbocycles. The van der Waals surface area contributed by atoms with Crippen LogP contribution in [0.5, 0.6) is 5.75 Å². The second kappa shape index (κ2) is 8.13. The highest BCUT2D eigenvalue weighted by Crippen LogP contribution is 2.32. The monoisotopic (exact) mass is 364 g/mol. The minimum absolute atomic E-state index is 0.122. The van der Waals surface area contributed by atoms with Crippen molar-refractivity contribution >= 4 is 5.91 Å². The molecular formula is C23H28N2O2. The zero-order valence-corrected chi connectivity index (χ0v) is 16.0. The third kappa shape index (κ3) is 4.16. The highest BCUT2D eigenvalue weighted by Gasteiger charge is 2.33. The lowest BCUT2D eigenvalue weighted by atomic mass is 9.91. The van der Waals surface area contributed by atoms with Crippen LogP contribution in [0, 0.1) is 0 Å². The summed E-state index contributed by atoms with van der Waals surface area (Å²) in [7, 11) is 1.68. The summed E-state index contributed by atoms with van der Waals surface area (Å²) in [5.41, 5.74) is 3.18. The van der Waals surface area contributed by atoms with Gasteiger partial charge < -0.3 is 15.0 Å². The Morgan fingerprint density at radius 1 is 1.11 bits per heavy atom. The Labute approximate surface area is 161 Å². The van der Waals surface area contributed by atoms with E-state index in [2.05, 4.69) is 17.4 Å². The standard InChI is InChI=1S/C23H28N2O2/c1-27-22-7-3-2-5-20(22)16-25(21-12-13-21)23(26)18-10-8-17(9-11-18)19-6-4-14-24-15-19/h2-3,5,7-11,19,21,24H,4,6,12-16H2,1H3/t19-/m0/s1. The number of nitrogens with one attached hydrogen (secondary N) is 1. The molecule has 2 aromatic rings. The molecule has 1 aliphatic carbocycles. The van der Waals surface area contributed by atoms with Crippen LogP contribution in [0.25, 0.3) is 0 Å². The molecule has 0 aromatic heterocycles. The minimum Gasteiger partial charge on any atom is -0.496 e. The summed E-state index contributed by atoms with van der Waals surface area (Å²) < 4.78 is 5.47. The second-order valence-corrected chi connectivity index (χ2v) is 7.64. The Morgan fingerprint density at radius 2 is 1.89 bits per heavy atom. The van der Waals surface area contributed by atoms with Crippen LogP contribution in [-0.4, -0.2) is 37.0 Å². The van der Waals surface area contributed by atoms with Gasteiger partial charge in [-0.2, -0.15) is 0 Å². The Hall–Kier alpha value is -2.33. The van der Waals surface area contributed by atoms with Crippen molar-refractivity contribution < 1.29 is 9.53 Å². The zero-order chi connectivity index (χ0) is 18.6. The first-order valence-electron chi connectivity index (χ1n) is 10.00. The molecule has 4 nitrogen and oxygen atoms in total. The number of para-hydroxylation sites is 1. The number of nitrogens with zero attached hydrogens (tertiary/aromatic N) is 1. The van der Waals surface area contributed by atoms with Gasteiger partial charge in [-0.05, 0) is 61.9 Å². The second-order valence-electron chi connectivity index (χ2n) is 7.64. The molecule has 1 saturated heterocycles. The van der Waals surface area contributed by atoms with Gasteiger partial charge in [0.1, 0.15) is 5.75 Å². The van der Waals surface area contributed by atoms with E-state index in [1.807, 2.05) is 41.3 Å². The first-order chi connectivity index (χ1) is 13.3. The van der Waals surface area contributed by atoms with Gasteiger partial charge in [0, 0.05) is 30.3 Å². The summed E-state index contributed by atoms with van der Waals surface area (Å²) in [5, 5.41) is 3.46. The summed E-state index contributed by atoms with van der Waals surface area (Å²) in [6.07, 6.45) is 4.63. The van der Waals surface area contributed by atoms with Gasteiger partial charge in [0.25, 0.3) is 5.91 Å². The van der Waals surface area contributed by atoms with Crippen molar-refractivity contribution in [2.24, 2.45) is 0 Å². The Balaban J connectivity index is 1.50. The third-order valence-corrected chi connectivity index (χ3v) is 5.71. The van der Waals surface area contributed by atoms with E-state index in [0.29, 0.717) is 18.5 Å². The lowest BCUT2D eigenvalue weighted by Gasteiger charge is -2.25. The molecule has 0 radical (unpaired) electrons. The fourth-order valence-corrected chi connectivity index (χ4v) is 3.97. The van der Waals surface area contributed by atoms with E-state index in [1.165, 1.54) is 18.4 Å². The topological polar surface area (TPSA) is 41.6 Å². The van der Waals surface area contributed by atoms with E-state index < -0.39 is 0 Å². The van der Waals surface area contributed by atoms with Crippen LogP contribution >= 0.6 is 0 Å². The molecule has 1 aliphatic heterocycles. The van der Waals surface area contributed by atoms with Crippen molar-refractivity contribution in [3.63, 3.8) is 0 Å². The van der Waals surface area contributed by atoms with Gasteiger partial charge >= 0.3 is 0 Å². The van der Waals surface area contributed by atoms with Gasteiger partial charge in [0.05, 0.1) is 7.11 Å². The van der Waals surface area contributed by atoms with Gasteiger partial charge in [-0.15, -0.1) is 0 Å². The number of piperidine rings is 1. The molecule has 1 atom stereocenters. The molecule has 142 valence electrons. The van der Waals surface area contributed by atoms with Crippen molar-refractivity contribution in [2.45, 2.75) is 44.2 Å². The van der Waals surface area contributed by atoms with E-state index in [4.69, 9.17) is 4.74 Å². The number of ether oxygens (including phenoxy) is 1. The first-order valence-corrected chi connectivity index (χ1v) is 10.00. The van der Waals surface area contributed by atoms with E-state index in [9.17, 15) is 4.79 Å². The van der Waals surface area contributed by atoms with E-state index in [1.54, 1.807) is 7.11 Å². The SMILES string of the molecule is COc1ccccc1CN(C(=O)c1ccc([C@H]2CCCNC2)cc1)C1CC1. The van der Waals surface area contributed by atoms with Crippen LogP contribution in [-0.2, 0) is 6.54 Å². The molecule has 27 heavy (non-hydrogen) atoms. The predicted octanol–water partition coefficient (Wildman–Crippen LogP) is 3.97. The van der Waals surface area contributed by atoms with E-state index in [0.717, 1.165) is 42.8 Å². The van der Waals surface area contributed by atoms with Crippen molar-refractivity contribution in [1.82, 2.24) is 10.2 Å². The number of benzene rings is 2. The molecule has 2 aliphatic rings. The van der Waals surface area contributed by atoms with Gasteiger partial charge in [0.2, 0.25) is 0 Å². The summed E-state index contributed by atoms with van der Waals surface area (Å²) in [6, 6.07) is 16.6. The Morgan fingerprint density at radius 3 is 2.56 bits per heavy atom. The lowest BCUT2D eigenvalue weighted by Crippen LogP contribution is -2.32. The molecule has 2 aromatic carbocycles. The van der Waals surface area contributed by atoms with Crippen LogP contribution in [0.4, 0.5) is 0 Å². The Bertz CT molecular complexity index is 777. The van der Waals surface area contributed by atoms with Crippen LogP contribution < -0.4 is 10.1 Å². The zero-order valence-electron chi connectivity index (χ0n) is 16.0. The molecule has 0 bridgehead atoms. The summed E-state index contributed by atoms with van der Waals surface area (Å²) in [6.45, 7) is 2.75. The molecule has 1 N–H and O–H groups in total. The average Bonchev–Trinajstić information content (AvgIpc) is 3.58. The number of carbonyl (C=O) groups excluding carboxylic acids is 1. The number of hydrogen-bond donors (Lipinski definition) is 1. The van der Waals surface area contributed by atoms with Crippen molar-refractivity contribution in [1.29, 1.82) is 0 Å². The predicted molar refractivity (Wildman–Crippen MR) is 107 cm³/mol. The smallest absolute Gasteiger partial charge is 0.254 e. The molecule has 2 fully saturated rings. The normalized spacial score (nSPS) is 19.5. The number of rotatable bonds is 6. The maximum absolute atomic E-state index is 13.2. The molecule has 4 heteroatoms. The summed E-state index contributed by atoms with van der Waals surface area (Å²) in [5.74, 6) is 1.53. The molecular weight excluding hydrogens is 336 g/mol. The molecule has 1 amide bonds. The maximum Gasteiger partial charge on any atom is 0.254 e. The van der Waals surface area contributed by atoms with Crippen molar-refractivity contribution in [2.75, 3.05) is 20.2 Å². The minimum atomic E-state index is 0.122. The van der Waals surface area contributed by atoms with Crippen molar-refractivity contribution in [3.05, 3.63) is 65.2 Å². The van der Waals surface area contributed by atoms with Gasteiger partial charge in [-0.1, -0.05) is 30.3 Å². The quantitative estimate of drug-likeness (QED) is 0.843. The number of amides is 1. The Kier molecular flexibility index (Phi) is 5.44. The molecule has 0 spiro atoms. The fraction of sp³-hybridized carbons (Fsp3) is 0.435. The first kappa shape index (κ1) is 18.1. The lowest BCUT2D eigenvalue weighted by molar-refractivity contribution is 0.0728. The van der Waals surface area contributed by atoms with Crippen LogP contribution in [0.3, 0.4) is 0 Å². The van der Waals surface area contributed by atoms with Gasteiger partial charge in [-0.3, -0.25) is 4.79 Å². The van der Waals surface area contributed by atoms with Gasteiger partial charge in [0.15, 0.2) is 0 Å². The maximum atomic E-state index is 13.2. The van der Waals surface area contributed by atoms with E-state index in [-0.39, 0.29) is 5.91 Å². The molecule has 4 rings (SSSR count). The summed E-state index contributed by atoms with van der Waals surface area (Å²) >= 11 is 0. The average molecular weight is 364 g/mol. The highest BCUT2D eigenvalue weighted by atomic mass is 16.5. The number of methoxy groups -OCH3 is 1. The summed E-state index contributed by atoms with van der Waals surface area (Å²) in [4.78, 5) is 15.2. The fourth-order valence-electron chi connectivity index (χ4n) is 3.97. The van der Waals surface area contributed by atoms with Crippen LogP contribution in [0.15, 0.2) is 48.5 Å². The molecule has 1 heterocycles. The van der Waals surface area contributed by atoms with Crippen LogP contribution in [0.2, 0.25) is 0 Å². The largest absolute Gasteiger partial charge is 0.496 e. The van der Waals surface area contributed by atoms with Crippen molar-refractivity contribution in [3.8, 4) is 5.75 Å². The van der Waals surface area contributed by atoms with Gasteiger partial charge in [-0.25, -0.2) is 0 Å². The van der Waals surface area contributed by atoms with E-state index >= 15 is 0 Å².